The van der Waals surface area contributed by atoms with Crippen molar-refractivity contribution in [1.29, 1.82) is 0 Å². The van der Waals surface area contributed by atoms with Gasteiger partial charge in [0, 0.05) is 31.3 Å². The first-order valence-corrected chi connectivity index (χ1v) is 8.65. The highest BCUT2D eigenvalue weighted by Gasteiger charge is 2.15. The molecule has 0 aliphatic carbocycles. The summed E-state index contributed by atoms with van der Waals surface area (Å²) in [6.07, 6.45) is 0.158. The monoisotopic (exact) mass is 368 g/mol. The molecule has 0 aliphatic heterocycles. The summed E-state index contributed by atoms with van der Waals surface area (Å²) in [5.74, 6) is -0.757. The highest BCUT2D eigenvalue weighted by Crippen LogP contribution is 2.22. The smallest absolute Gasteiger partial charge is 0.337 e. The lowest BCUT2D eigenvalue weighted by Gasteiger charge is -2.23. The molecular formula is C21H24N2O4. The van der Waals surface area contributed by atoms with Crippen LogP contribution in [0.3, 0.4) is 0 Å². The van der Waals surface area contributed by atoms with Crippen LogP contribution in [0.4, 0.5) is 11.4 Å². The van der Waals surface area contributed by atoms with Crippen LogP contribution in [0.5, 0.6) is 0 Å². The normalized spacial score (nSPS) is 10.2. The van der Waals surface area contributed by atoms with Crippen molar-refractivity contribution >= 4 is 29.2 Å². The zero-order valence-corrected chi connectivity index (χ0v) is 16.0. The Morgan fingerprint density at radius 1 is 1.04 bits per heavy atom. The van der Waals surface area contributed by atoms with Crippen molar-refractivity contribution < 1.29 is 19.1 Å². The van der Waals surface area contributed by atoms with Gasteiger partial charge in [0.25, 0.3) is 0 Å². The molecule has 0 bridgehead atoms. The van der Waals surface area contributed by atoms with Gasteiger partial charge in [-0.15, -0.1) is 0 Å². The molecule has 1 N–H and O–H groups in total. The van der Waals surface area contributed by atoms with Crippen molar-refractivity contribution in [2.45, 2.75) is 27.2 Å². The number of amides is 2. The fourth-order valence-electron chi connectivity index (χ4n) is 2.80. The third-order valence-electron chi connectivity index (χ3n) is 4.18. The maximum atomic E-state index is 12.2. The van der Waals surface area contributed by atoms with Gasteiger partial charge in [-0.1, -0.05) is 17.7 Å². The lowest BCUT2D eigenvalue weighted by atomic mass is 10.1. The first kappa shape index (κ1) is 20.2. The van der Waals surface area contributed by atoms with E-state index in [-0.39, 0.29) is 24.8 Å². The average Bonchev–Trinajstić information content (AvgIpc) is 2.63. The molecule has 2 aromatic carbocycles. The second-order valence-corrected chi connectivity index (χ2v) is 6.33. The highest BCUT2D eigenvalue weighted by atomic mass is 16.5. The van der Waals surface area contributed by atoms with Crippen LogP contribution in [0.1, 0.15) is 34.8 Å². The lowest BCUT2D eigenvalue weighted by molar-refractivity contribution is -0.117. The Morgan fingerprint density at radius 3 is 2.26 bits per heavy atom. The number of methoxy groups -OCH3 is 1. The van der Waals surface area contributed by atoms with E-state index in [2.05, 4.69) is 10.1 Å². The Hall–Kier alpha value is -3.15. The maximum Gasteiger partial charge on any atom is 0.337 e. The Morgan fingerprint density at radius 2 is 1.70 bits per heavy atom. The number of nitrogens with zero attached hydrogens (tertiary/aromatic N) is 1. The van der Waals surface area contributed by atoms with Crippen LogP contribution in [0, 0.1) is 13.8 Å². The van der Waals surface area contributed by atoms with Gasteiger partial charge >= 0.3 is 5.97 Å². The van der Waals surface area contributed by atoms with Crippen LogP contribution >= 0.6 is 0 Å². The highest BCUT2D eigenvalue weighted by molar-refractivity contribution is 5.96. The molecule has 0 unspecified atom stereocenters. The van der Waals surface area contributed by atoms with Gasteiger partial charge in [-0.2, -0.15) is 0 Å². The van der Waals surface area contributed by atoms with E-state index in [0.717, 1.165) is 16.8 Å². The zero-order valence-electron chi connectivity index (χ0n) is 16.0. The first-order valence-electron chi connectivity index (χ1n) is 8.65. The minimum atomic E-state index is -0.432. The van der Waals surface area contributed by atoms with Gasteiger partial charge in [0.15, 0.2) is 0 Å². The molecule has 0 radical (unpaired) electrons. The molecule has 2 aromatic rings. The molecule has 0 fully saturated rings. The fourth-order valence-corrected chi connectivity index (χ4v) is 2.80. The Bertz CT molecular complexity index is 844. The molecular weight excluding hydrogens is 344 g/mol. The van der Waals surface area contributed by atoms with Crippen LogP contribution in [-0.4, -0.2) is 31.4 Å². The van der Waals surface area contributed by atoms with Crippen LogP contribution in [-0.2, 0) is 14.3 Å². The molecule has 27 heavy (non-hydrogen) atoms. The fraction of sp³-hybridized carbons (Fsp3) is 0.286. The van der Waals surface area contributed by atoms with Gasteiger partial charge < -0.3 is 15.0 Å². The average molecular weight is 368 g/mol. The third kappa shape index (κ3) is 5.41. The summed E-state index contributed by atoms with van der Waals surface area (Å²) >= 11 is 0. The van der Waals surface area contributed by atoms with Crippen molar-refractivity contribution in [2.24, 2.45) is 0 Å². The van der Waals surface area contributed by atoms with Crippen molar-refractivity contribution in [2.75, 3.05) is 23.9 Å². The second kappa shape index (κ2) is 8.98. The van der Waals surface area contributed by atoms with E-state index in [1.807, 2.05) is 32.0 Å². The SMILES string of the molecule is COC(=O)c1ccc(NC(=O)CCN(C(C)=O)c2ccc(C)cc2C)cc1. The van der Waals surface area contributed by atoms with Gasteiger partial charge in [-0.3, -0.25) is 9.59 Å². The van der Waals surface area contributed by atoms with Crippen molar-refractivity contribution in [3.63, 3.8) is 0 Å². The lowest BCUT2D eigenvalue weighted by Crippen LogP contribution is -2.32. The van der Waals surface area contributed by atoms with E-state index < -0.39 is 5.97 Å². The van der Waals surface area contributed by atoms with Gasteiger partial charge in [0.05, 0.1) is 12.7 Å². The zero-order chi connectivity index (χ0) is 20.0. The molecule has 142 valence electrons. The van der Waals surface area contributed by atoms with E-state index in [0.29, 0.717) is 11.3 Å². The summed E-state index contributed by atoms with van der Waals surface area (Å²) in [6, 6.07) is 12.3. The Balaban J connectivity index is 2.00. The predicted octanol–water partition coefficient (Wildman–Crippen LogP) is 3.47. The molecule has 0 saturated carbocycles. The third-order valence-corrected chi connectivity index (χ3v) is 4.18. The molecule has 0 aromatic heterocycles. The molecule has 6 nitrogen and oxygen atoms in total. The van der Waals surface area contributed by atoms with Crippen molar-refractivity contribution in [3.8, 4) is 0 Å². The standard InChI is InChI=1S/C21H24N2O4/c1-14-5-10-19(15(2)13-14)23(16(3)24)12-11-20(25)22-18-8-6-17(7-9-18)21(26)27-4/h5-10,13H,11-12H2,1-4H3,(H,22,25). The number of benzene rings is 2. The van der Waals surface area contributed by atoms with Crippen LogP contribution in [0.15, 0.2) is 42.5 Å². The van der Waals surface area contributed by atoms with Gasteiger partial charge in [-0.25, -0.2) is 4.79 Å². The summed E-state index contributed by atoms with van der Waals surface area (Å²) in [5.41, 5.74) is 3.90. The largest absolute Gasteiger partial charge is 0.465 e. The number of aryl methyl sites for hydroxylation is 2. The molecule has 0 spiro atoms. The molecule has 0 aliphatic rings. The summed E-state index contributed by atoms with van der Waals surface area (Å²) in [7, 11) is 1.31. The molecule has 2 rings (SSSR count). The summed E-state index contributed by atoms with van der Waals surface area (Å²) in [5, 5.41) is 2.77. The van der Waals surface area contributed by atoms with E-state index in [4.69, 9.17) is 0 Å². The number of nitrogens with one attached hydrogen (secondary N) is 1. The van der Waals surface area contributed by atoms with Gasteiger partial charge in [0.1, 0.15) is 0 Å². The number of ether oxygens (including phenoxy) is 1. The van der Waals surface area contributed by atoms with Crippen LogP contribution < -0.4 is 10.2 Å². The van der Waals surface area contributed by atoms with Crippen LogP contribution in [0.25, 0.3) is 0 Å². The van der Waals surface area contributed by atoms with Crippen molar-refractivity contribution in [1.82, 2.24) is 0 Å². The maximum absolute atomic E-state index is 12.2. The number of carbonyl (C=O) groups excluding carboxylic acids is 3. The summed E-state index contributed by atoms with van der Waals surface area (Å²) in [6.45, 7) is 5.71. The number of hydrogen-bond donors (Lipinski definition) is 1. The minimum absolute atomic E-state index is 0.114. The van der Waals surface area contributed by atoms with E-state index in [9.17, 15) is 14.4 Å². The molecule has 6 heteroatoms. The summed E-state index contributed by atoms with van der Waals surface area (Å²) < 4.78 is 4.64. The second-order valence-electron chi connectivity index (χ2n) is 6.33. The molecule has 0 atom stereocenters. The van der Waals surface area contributed by atoms with E-state index in [1.54, 1.807) is 29.2 Å². The molecule has 0 heterocycles. The predicted molar refractivity (Wildman–Crippen MR) is 105 cm³/mol. The van der Waals surface area contributed by atoms with Crippen molar-refractivity contribution in [3.05, 3.63) is 59.2 Å². The van der Waals surface area contributed by atoms with Gasteiger partial charge in [0.2, 0.25) is 11.8 Å². The minimum Gasteiger partial charge on any atom is -0.465 e. The first-order chi connectivity index (χ1) is 12.8. The van der Waals surface area contributed by atoms with Gasteiger partial charge in [-0.05, 0) is 49.7 Å². The Kier molecular flexibility index (Phi) is 6.71. The summed E-state index contributed by atoms with van der Waals surface area (Å²) in [4.78, 5) is 37.3. The van der Waals surface area contributed by atoms with Crippen LogP contribution in [0.2, 0.25) is 0 Å². The number of anilines is 2. The number of esters is 1. The van der Waals surface area contributed by atoms with E-state index >= 15 is 0 Å². The number of hydrogen-bond acceptors (Lipinski definition) is 4. The topological polar surface area (TPSA) is 75.7 Å². The quantitative estimate of drug-likeness (QED) is 0.792. The number of rotatable bonds is 6. The van der Waals surface area contributed by atoms with E-state index in [1.165, 1.54) is 14.0 Å². The molecule has 0 saturated heterocycles. The Labute approximate surface area is 159 Å². The number of carbonyl (C=O) groups is 3. The molecule has 2 amide bonds.